The van der Waals surface area contributed by atoms with E-state index in [1.54, 1.807) is 12.3 Å². The van der Waals surface area contributed by atoms with Crippen molar-refractivity contribution in [3.63, 3.8) is 0 Å². The van der Waals surface area contributed by atoms with E-state index in [0.717, 1.165) is 23.2 Å². The average molecular weight is 269 g/mol. The van der Waals surface area contributed by atoms with Crippen molar-refractivity contribution >= 4 is 16.9 Å². The topological polar surface area (TPSA) is 81.1 Å². The molecule has 0 atom stereocenters. The number of rotatable bonds is 4. The molecule has 0 amide bonds. The zero-order valence-corrected chi connectivity index (χ0v) is 11.2. The molecule has 0 bridgehead atoms. The summed E-state index contributed by atoms with van der Waals surface area (Å²) in [5.41, 5.74) is 8.47. The summed E-state index contributed by atoms with van der Waals surface area (Å²) in [7, 11) is 2.01. The molecule has 3 aromatic rings. The van der Waals surface area contributed by atoms with Gasteiger partial charge in [0.15, 0.2) is 12.0 Å². The first-order valence-electron chi connectivity index (χ1n) is 6.29. The lowest BCUT2D eigenvalue weighted by Gasteiger charge is -2.15. The highest BCUT2D eigenvalue weighted by Crippen LogP contribution is 2.15. The summed E-state index contributed by atoms with van der Waals surface area (Å²) in [4.78, 5) is 14.6. The fourth-order valence-corrected chi connectivity index (χ4v) is 2.10. The molecule has 0 saturated heterocycles. The van der Waals surface area contributed by atoms with E-state index in [4.69, 9.17) is 10.2 Å². The van der Waals surface area contributed by atoms with Gasteiger partial charge < -0.3 is 10.2 Å². The van der Waals surface area contributed by atoms with E-state index in [9.17, 15) is 0 Å². The normalized spacial score (nSPS) is 11.3. The Balaban J connectivity index is 1.70. The van der Waals surface area contributed by atoms with Gasteiger partial charge in [0.25, 0.3) is 0 Å². The van der Waals surface area contributed by atoms with E-state index >= 15 is 0 Å². The maximum Gasteiger partial charge on any atom is 0.181 e. The Hall–Kier alpha value is -2.47. The van der Waals surface area contributed by atoms with E-state index in [1.165, 1.54) is 6.39 Å². The number of nitrogen functional groups attached to an aromatic ring is 1. The van der Waals surface area contributed by atoms with Crippen molar-refractivity contribution in [2.24, 2.45) is 0 Å². The maximum absolute atomic E-state index is 5.65. The third-order valence-corrected chi connectivity index (χ3v) is 2.99. The lowest BCUT2D eigenvalue weighted by molar-refractivity contribution is 0.311. The summed E-state index contributed by atoms with van der Waals surface area (Å²) in [6.07, 6.45) is 3.13. The number of hydrogen-bond donors (Lipinski definition) is 1. The first-order valence-corrected chi connectivity index (χ1v) is 6.29. The fourth-order valence-electron chi connectivity index (χ4n) is 2.10. The summed E-state index contributed by atoms with van der Waals surface area (Å²) in [6, 6.07) is 7.68. The zero-order valence-electron chi connectivity index (χ0n) is 11.2. The second-order valence-electron chi connectivity index (χ2n) is 4.72. The quantitative estimate of drug-likeness (QED) is 0.778. The summed E-state index contributed by atoms with van der Waals surface area (Å²) in [5.74, 6) is 1.21. The molecule has 20 heavy (non-hydrogen) atoms. The van der Waals surface area contributed by atoms with Gasteiger partial charge in [-0.1, -0.05) is 6.07 Å². The van der Waals surface area contributed by atoms with Crippen LogP contribution in [-0.2, 0) is 13.1 Å². The lowest BCUT2D eigenvalue weighted by atomic mass is 10.2. The second-order valence-corrected chi connectivity index (χ2v) is 4.72. The molecule has 0 aliphatic carbocycles. The molecule has 6 heteroatoms. The van der Waals surface area contributed by atoms with Crippen molar-refractivity contribution in [3.05, 3.63) is 48.2 Å². The van der Waals surface area contributed by atoms with Crippen molar-refractivity contribution in [2.75, 3.05) is 12.8 Å². The Morgan fingerprint density at radius 1 is 1.20 bits per heavy atom. The minimum atomic E-state index is 0.492. The number of nitrogens with two attached hydrogens (primary N) is 1. The van der Waals surface area contributed by atoms with Gasteiger partial charge in [-0.15, -0.1) is 0 Å². The molecule has 0 fully saturated rings. The van der Waals surface area contributed by atoms with E-state index in [1.807, 2.05) is 25.2 Å². The molecule has 0 aliphatic heterocycles. The predicted octanol–water partition coefficient (Wildman–Crippen LogP) is 1.83. The van der Waals surface area contributed by atoms with Crippen LogP contribution in [0.5, 0.6) is 0 Å². The Morgan fingerprint density at radius 2 is 2.10 bits per heavy atom. The van der Waals surface area contributed by atoms with Crippen molar-refractivity contribution in [1.82, 2.24) is 19.9 Å². The minimum absolute atomic E-state index is 0.492. The Morgan fingerprint density at radius 3 is 2.95 bits per heavy atom. The molecule has 2 N–H and O–H groups in total. The van der Waals surface area contributed by atoms with E-state index in [-0.39, 0.29) is 0 Å². The van der Waals surface area contributed by atoms with Crippen molar-refractivity contribution in [2.45, 2.75) is 13.1 Å². The molecule has 2 heterocycles. The zero-order chi connectivity index (χ0) is 13.9. The number of benzene rings is 1. The van der Waals surface area contributed by atoms with Crippen molar-refractivity contribution in [3.8, 4) is 0 Å². The SMILES string of the molecule is CN(Cc1ccc2ncoc2c1)Cc1nccc(N)n1. The highest BCUT2D eigenvalue weighted by atomic mass is 16.3. The Labute approximate surface area is 116 Å². The van der Waals surface area contributed by atoms with Crippen LogP contribution in [0.1, 0.15) is 11.4 Å². The van der Waals surface area contributed by atoms with Crippen LogP contribution in [0.3, 0.4) is 0 Å². The molecule has 6 nitrogen and oxygen atoms in total. The highest BCUT2D eigenvalue weighted by Gasteiger charge is 2.06. The van der Waals surface area contributed by atoms with Gasteiger partial charge in [0.1, 0.15) is 17.2 Å². The molecular formula is C14H15N5O. The molecule has 102 valence electrons. The van der Waals surface area contributed by atoms with Gasteiger partial charge in [0.05, 0.1) is 6.54 Å². The van der Waals surface area contributed by atoms with E-state index < -0.39 is 0 Å². The first kappa shape index (κ1) is 12.6. The van der Waals surface area contributed by atoms with Gasteiger partial charge in [-0.05, 0) is 30.8 Å². The van der Waals surface area contributed by atoms with Crippen LogP contribution >= 0.6 is 0 Å². The maximum atomic E-state index is 5.65. The summed E-state index contributed by atoms with van der Waals surface area (Å²) >= 11 is 0. The van der Waals surface area contributed by atoms with Crippen LogP contribution in [0.4, 0.5) is 5.82 Å². The van der Waals surface area contributed by atoms with Crippen LogP contribution in [0.25, 0.3) is 11.1 Å². The van der Waals surface area contributed by atoms with Crippen LogP contribution in [0.2, 0.25) is 0 Å². The number of nitrogens with zero attached hydrogens (tertiary/aromatic N) is 4. The summed E-state index contributed by atoms with van der Waals surface area (Å²) < 4.78 is 5.30. The molecule has 0 radical (unpaired) electrons. The van der Waals surface area contributed by atoms with Gasteiger partial charge in [0.2, 0.25) is 0 Å². The predicted molar refractivity (Wildman–Crippen MR) is 75.6 cm³/mol. The van der Waals surface area contributed by atoms with Crippen LogP contribution in [0, 0.1) is 0 Å². The van der Waals surface area contributed by atoms with Gasteiger partial charge >= 0.3 is 0 Å². The third-order valence-electron chi connectivity index (χ3n) is 2.99. The van der Waals surface area contributed by atoms with Gasteiger partial charge in [0, 0.05) is 12.7 Å². The van der Waals surface area contributed by atoms with Crippen LogP contribution in [-0.4, -0.2) is 26.9 Å². The molecule has 1 aromatic carbocycles. The fraction of sp³-hybridized carbons (Fsp3) is 0.214. The molecular weight excluding hydrogens is 254 g/mol. The molecule has 0 saturated carbocycles. The standard InChI is InChI=1S/C14H15N5O/c1-19(8-14-16-5-4-13(15)18-14)7-10-2-3-11-12(6-10)20-9-17-11/h2-6,9H,7-8H2,1H3,(H2,15,16,18). The Kier molecular flexibility index (Phi) is 3.30. The minimum Gasteiger partial charge on any atom is -0.443 e. The largest absolute Gasteiger partial charge is 0.443 e. The lowest BCUT2D eigenvalue weighted by Crippen LogP contribution is -2.19. The molecule has 0 spiro atoms. The monoisotopic (exact) mass is 269 g/mol. The van der Waals surface area contributed by atoms with Gasteiger partial charge in [-0.3, -0.25) is 4.90 Å². The summed E-state index contributed by atoms with van der Waals surface area (Å²) in [6.45, 7) is 1.41. The number of anilines is 1. The summed E-state index contributed by atoms with van der Waals surface area (Å²) in [5, 5.41) is 0. The van der Waals surface area contributed by atoms with Crippen LogP contribution in [0.15, 0.2) is 41.3 Å². The van der Waals surface area contributed by atoms with E-state index in [0.29, 0.717) is 18.2 Å². The number of oxazole rings is 1. The van der Waals surface area contributed by atoms with Crippen LogP contribution < -0.4 is 5.73 Å². The number of fused-ring (bicyclic) bond motifs is 1. The first-order chi connectivity index (χ1) is 9.70. The van der Waals surface area contributed by atoms with E-state index in [2.05, 4.69) is 19.9 Å². The highest BCUT2D eigenvalue weighted by molar-refractivity contribution is 5.72. The third kappa shape index (κ3) is 2.75. The average Bonchev–Trinajstić information content (AvgIpc) is 2.86. The number of aromatic nitrogens is 3. The molecule has 3 rings (SSSR count). The van der Waals surface area contributed by atoms with Gasteiger partial charge in [-0.2, -0.15) is 0 Å². The number of hydrogen-bond acceptors (Lipinski definition) is 6. The molecule has 0 aliphatic rings. The Bertz CT molecular complexity index is 724. The molecule has 0 unspecified atom stereocenters. The smallest absolute Gasteiger partial charge is 0.181 e. The molecule has 2 aromatic heterocycles. The van der Waals surface area contributed by atoms with Crippen molar-refractivity contribution in [1.29, 1.82) is 0 Å². The second kappa shape index (κ2) is 5.26. The van der Waals surface area contributed by atoms with Crippen molar-refractivity contribution < 1.29 is 4.42 Å². The van der Waals surface area contributed by atoms with Gasteiger partial charge in [-0.25, -0.2) is 15.0 Å².